The highest BCUT2D eigenvalue weighted by Crippen LogP contribution is 2.24. The van der Waals surface area contributed by atoms with E-state index in [-0.39, 0.29) is 23.5 Å². The summed E-state index contributed by atoms with van der Waals surface area (Å²) < 4.78 is 23.3. The highest BCUT2D eigenvalue weighted by Gasteiger charge is 2.32. The number of sulfone groups is 1. The average Bonchev–Trinajstić information content (AvgIpc) is 3.25. The summed E-state index contributed by atoms with van der Waals surface area (Å²) in [5.74, 6) is 0.0598. The number of fused-ring (bicyclic) bond motifs is 1. The van der Waals surface area contributed by atoms with Crippen LogP contribution in [0.1, 0.15) is 16.8 Å². The molecule has 0 radical (unpaired) electrons. The monoisotopic (exact) mass is 369 g/mol. The van der Waals surface area contributed by atoms with Crippen LogP contribution in [0.15, 0.2) is 48.7 Å². The van der Waals surface area contributed by atoms with Crippen molar-refractivity contribution >= 4 is 26.6 Å². The number of nitrogens with zero attached hydrogens (tertiary/aromatic N) is 2. The standard InChI is InChI=1S/C19H19N3O3S/c1-22(17-8-9-26(24,25)12-17)19(23)14-4-2-13(3-5-14)15-6-7-16-11-20-21-18(16)10-15/h2-7,10-11,17H,8-9,12H2,1H3,(H,20,21)/t17-/m0/s1. The van der Waals surface area contributed by atoms with Gasteiger partial charge < -0.3 is 4.90 Å². The van der Waals surface area contributed by atoms with Crippen LogP contribution in [0.4, 0.5) is 0 Å². The van der Waals surface area contributed by atoms with Crippen LogP contribution in [0.25, 0.3) is 22.0 Å². The molecule has 26 heavy (non-hydrogen) atoms. The van der Waals surface area contributed by atoms with Crippen LogP contribution in [-0.4, -0.2) is 54.0 Å². The number of hydrogen-bond acceptors (Lipinski definition) is 4. The van der Waals surface area contributed by atoms with Gasteiger partial charge in [0.25, 0.3) is 5.91 Å². The van der Waals surface area contributed by atoms with Crippen molar-refractivity contribution in [2.45, 2.75) is 12.5 Å². The van der Waals surface area contributed by atoms with Crippen LogP contribution in [-0.2, 0) is 9.84 Å². The van der Waals surface area contributed by atoms with Gasteiger partial charge in [0.2, 0.25) is 0 Å². The van der Waals surface area contributed by atoms with E-state index in [4.69, 9.17) is 0 Å². The molecule has 0 spiro atoms. The number of aromatic nitrogens is 2. The molecular weight excluding hydrogens is 350 g/mol. The Kier molecular flexibility index (Phi) is 4.03. The van der Waals surface area contributed by atoms with Crippen molar-refractivity contribution in [3.05, 3.63) is 54.2 Å². The van der Waals surface area contributed by atoms with Crippen molar-refractivity contribution in [2.24, 2.45) is 0 Å². The minimum Gasteiger partial charge on any atom is -0.338 e. The molecule has 1 atom stereocenters. The summed E-state index contributed by atoms with van der Waals surface area (Å²) in [4.78, 5) is 14.2. The first kappa shape index (κ1) is 16.8. The molecule has 2 heterocycles. The Labute approximate surface area is 151 Å². The minimum absolute atomic E-state index is 0.0531. The van der Waals surface area contributed by atoms with E-state index < -0.39 is 9.84 Å². The number of benzene rings is 2. The Bertz CT molecular complexity index is 1070. The summed E-state index contributed by atoms with van der Waals surface area (Å²) in [5, 5.41) is 8.02. The second-order valence-corrected chi connectivity index (χ2v) is 8.95. The fourth-order valence-electron chi connectivity index (χ4n) is 3.37. The van der Waals surface area contributed by atoms with Gasteiger partial charge in [0.15, 0.2) is 9.84 Å². The summed E-state index contributed by atoms with van der Waals surface area (Å²) in [5.41, 5.74) is 3.56. The van der Waals surface area contributed by atoms with Crippen LogP contribution in [0.2, 0.25) is 0 Å². The molecule has 1 N–H and O–H groups in total. The molecule has 134 valence electrons. The van der Waals surface area contributed by atoms with E-state index in [1.165, 1.54) is 0 Å². The zero-order valence-corrected chi connectivity index (χ0v) is 15.2. The maximum atomic E-state index is 12.6. The fourth-order valence-corrected chi connectivity index (χ4v) is 5.15. The lowest BCUT2D eigenvalue weighted by atomic mass is 10.0. The smallest absolute Gasteiger partial charge is 0.253 e. The maximum absolute atomic E-state index is 12.6. The number of carbonyl (C=O) groups excluding carboxylic acids is 1. The van der Waals surface area contributed by atoms with E-state index in [1.807, 2.05) is 30.3 Å². The highest BCUT2D eigenvalue weighted by atomic mass is 32.2. The fraction of sp³-hybridized carbons (Fsp3) is 0.263. The molecule has 1 aromatic heterocycles. The third-order valence-corrected chi connectivity index (χ3v) is 6.73. The van der Waals surface area contributed by atoms with Crippen LogP contribution < -0.4 is 0 Å². The molecule has 3 aromatic rings. The van der Waals surface area contributed by atoms with Crippen LogP contribution in [0, 0.1) is 0 Å². The van der Waals surface area contributed by atoms with Gasteiger partial charge in [-0.15, -0.1) is 0 Å². The number of amides is 1. The summed E-state index contributed by atoms with van der Waals surface area (Å²) >= 11 is 0. The maximum Gasteiger partial charge on any atom is 0.253 e. The van der Waals surface area contributed by atoms with E-state index in [0.717, 1.165) is 22.0 Å². The van der Waals surface area contributed by atoms with Gasteiger partial charge in [-0.25, -0.2) is 8.42 Å². The predicted octanol–water partition coefficient (Wildman–Crippen LogP) is 2.49. The zero-order chi connectivity index (χ0) is 18.3. The molecule has 1 saturated heterocycles. The van der Waals surface area contributed by atoms with E-state index in [1.54, 1.807) is 30.3 Å². The summed E-state index contributed by atoms with van der Waals surface area (Å²) in [7, 11) is -1.34. The normalized spacial score (nSPS) is 18.9. The van der Waals surface area contributed by atoms with Crippen molar-refractivity contribution in [1.29, 1.82) is 0 Å². The molecule has 0 unspecified atom stereocenters. The quantitative estimate of drug-likeness (QED) is 0.769. The van der Waals surface area contributed by atoms with Crippen molar-refractivity contribution in [1.82, 2.24) is 15.1 Å². The largest absolute Gasteiger partial charge is 0.338 e. The Morgan fingerprint density at radius 1 is 1.15 bits per heavy atom. The zero-order valence-electron chi connectivity index (χ0n) is 14.3. The van der Waals surface area contributed by atoms with Gasteiger partial charge in [-0.1, -0.05) is 24.3 Å². The number of nitrogens with one attached hydrogen (secondary N) is 1. The van der Waals surface area contributed by atoms with E-state index in [2.05, 4.69) is 10.2 Å². The summed E-state index contributed by atoms with van der Waals surface area (Å²) in [6.45, 7) is 0. The van der Waals surface area contributed by atoms with E-state index in [9.17, 15) is 13.2 Å². The lowest BCUT2D eigenvalue weighted by Gasteiger charge is -2.23. The van der Waals surface area contributed by atoms with Gasteiger partial charge in [0.1, 0.15) is 0 Å². The second kappa shape index (κ2) is 6.25. The SMILES string of the molecule is CN(C(=O)c1ccc(-c2ccc3cn[nH]c3c2)cc1)[C@H]1CCS(=O)(=O)C1. The molecule has 6 nitrogen and oxygen atoms in total. The topological polar surface area (TPSA) is 83.1 Å². The number of hydrogen-bond donors (Lipinski definition) is 1. The minimum atomic E-state index is -3.01. The molecule has 0 saturated carbocycles. The van der Waals surface area contributed by atoms with E-state index >= 15 is 0 Å². The molecule has 1 fully saturated rings. The average molecular weight is 369 g/mol. The van der Waals surface area contributed by atoms with Gasteiger partial charge in [0, 0.05) is 24.0 Å². The van der Waals surface area contributed by atoms with Crippen molar-refractivity contribution in [3.8, 4) is 11.1 Å². The van der Waals surface area contributed by atoms with Crippen LogP contribution >= 0.6 is 0 Å². The van der Waals surface area contributed by atoms with Crippen molar-refractivity contribution < 1.29 is 13.2 Å². The predicted molar refractivity (Wildman–Crippen MR) is 101 cm³/mol. The lowest BCUT2D eigenvalue weighted by Crippen LogP contribution is -2.37. The summed E-state index contributed by atoms with van der Waals surface area (Å²) in [6, 6.07) is 13.2. The second-order valence-electron chi connectivity index (χ2n) is 6.72. The Morgan fingerprint density at radius 3 is 2.58 bits per heavy atom. The molecule has 0 aliphatic carbocycles. The van der Waals surface area contributed by atoms with Crippen LogP contribution in [0.5, 0.6) is 0 Å². The third kappa shape index (κ3) is 3.10. The molecule has 4 rings (SSSR count). The molecule has 1 aliphatic rings. The van der Waals surface area contributed by atoms with Crippen molar-refractivity contribution in [2.75, 3.05) is 18.6 Å². The highest BCUT2D eigenvalue weighted by molar-refractivity contribution is 7.91. The Balaban J connectivity index is 1.54. The Hall–Kier alpha value is -2.67. The van der Waals surface area contributed by atoms with Crippen LogP contribution in [0.3, 0.4) is 0 Å². The van der Waals surface area contributed by atoms with Gasteiger partial charge in [-0.2, -0.15) is 5.10 Å². The van der Waals surface area contributed by atoms with Crippen molar-refractivity contribution in [3.63, 3.8) is 0 Å². The lowest BCUT2D eigenvalue weighted by molar-refractivity contribution is 0.0747. The number of carbonyl (C=O) groups is 1. The molecule has 1 aliphatic heterocycles. The van der Waals surface area contributed by atoms with Gasteiger partial charge >= 0.3 is 0 Å². The first-order valence-corrected chi connectivity index (χ1v) is 10.3. The number of aromatic amines is 1. The molecule has 1 amide bonds. The first-order valence-electron chi connectivity index (χ1n) is 8.44. The first-order chi connectivity index (χ1) is 12.4. The molecule has 7 heteroatoms. The molecular formula is C19H19N3O3S. The molecule has 2 aromatic carbocycles. The number of H-pyrrole nitrogens is 1. The van der Waals surface area contributed by atoms with Gasteiger partial charge in [-0.3, -0.25) is 9.89 Å². The van der Waals surface area contributed by atoms with Gasteiger partial charge in [0.05, 0.1) is 23.2 Å². The van der Waals surface area contributed by atoms with Gasteiger partial charge in [-0.05, 0) is 35.7 Å². The third-order valence-electron chi connectivity index (χ3n) is 4.98. The van der Waals surface area contributed by atoms with E-state index in [0.29, 0.717) is 12.0 Å². The summed E-state index contributed by atoms with van der Waals surface area (Å²) in [6.07, 6.45) is 2.28. The number of rotatable bonds is 3. The molecule has 0 bridgehead atoms. The Morgan fingerprint density at radius 2 is 1.88 bits per heavy atom.